The smallest absolute Gasteiger partial charge is 0.243 e. The predicted octanol–water partition coefficient (Wildman–Crippen LogP) is 3.22. The number of carbonyl (C=O) groups is 1. The van der Waals surface area contributed by atoms with Gasteiger partial charge in [-0.2, -0.15) is 0 Å². The maximum atomic E-state index is 11.4. The van der Waals surface area contributed by atoms with Crippen molar-refractivity contribution in [3.05, 3.63) is 18.6 Å². The summed E-state index contributed by atoms with van der Waals surface area (Å²) in [5.41, 5.74) is 0.160. The van der Waals surface area contributed by atoms with Gasteiger partial charge in [-0.15, -0.1) is 0 Å². The molecular formula is C14H25NO. The number of rotatable bonds is 4. The van der Waals surface area contributed by atoms with Crippen molar-refractivity contribution in [1.29, 1.82) is 0 Å². The first-order chi connectivity index (χ1) is 7.10. The molecule has 2 radical (unpaired) electrons. The van der Waals surface area contributed by atoms with E-state index >= 15 is 0 Å². The van der Waals surface area contributed by atoms with Crippen molar-refractivity contribution in [3.63, 3.8) is 0 Å². The maximum Gasteiger partial charge on any atom is 0.243 e. The topological polar surface area (TPSA) is 29.1 Å². The summed E-state index contributed by atoms with van der Waals surface area (Å²) in [5.74, 6) is -0.0226. The van der Waals surface area contributed by atoms with E-state index in [1.54, 1.807) is 6.08 Å². The molecule has 16 heavy (non-hydrogen) atoms. The second-order valence-electron chi connectivity index (χ2n) is 6.17. The van der Waals surface area contributed by atoms with Crippen molar-refractivity contribution < 1.29 is 4.79 Å². The standard InChI is InChI=1S/C14H25NO/c1-13(2,3)9-7-11-15-12(16)8-10-14(4,5)6/h8,10H,7,11H2,1-6H3,(H,15,16)/b10-8+. The zero-order valence-corrected chi connectivity index (χ0v) is 11.5. The third-order valence-electron chi connectivity index (χ3n) is 1.81. The Morgan fingerprint density at radius 2 is 1.75 bits per heavy atom. The van der Waals surface area contributed by atoms with Crippen LogP contribution in [-0.2, 0) is 4.79 Å². The molecule has 0 aliphatic heterocycles. The molecule has 0 fully saturated rings. The number of hydrogen-bond donors (Lipinski definition) is 1. The van der Waals surface area contributed by atoms with E-state index in [4.69, 9.17) is 0 Å². The van der Waals surface area contributed by atoms with Crippen LogP contribution in [0, 0.1) is 17.3 Å². The Bertz CT molecular complexity index is 240. The Labute approximate surface area is 101 Å². The van der Waals surface area contributed by atoms with Gasteiger partial charge in [0.2, 0.25) is 5.91 Å². The summed E-state index contributed by atoms with van der Waals surface area (Å²) in [6, 6.07) is 0. The normalized spacial score (nSPS) is 13.1. The lowest BCUT2D eigenvalue weighted by atomic mass is 9.91. The van der Waals surface area contributed by atoms with Crippen molar-refractivity contribution in [2.45, 2.75) is 48.0 Å². The fourth-order valence-corrected chi connectivity index (χ4v) is 1.01. The van der Waals surface area contributed by atoms with Crippen molar-refractivity contribution >= 4 is 5.91 Å². The van der Waals surface area contributed by atoms with Gasteiger partial charge in [-0.05, 0) is 29.7 Å². The summed E-state index contributed by atoms with van der Waals surface area (Å²) in [6.45, 7) is 13.2. The van der Waals surface area contributed by atoms with Crippen molar-refractivity contribution in [3.8, 4) is 0 Å². The van der Waals surface area contributed by atoms with Crippen molar-refractivity contribution in [1.82, 2.24) is 5.32 Å². The van der Waals surface area contributed by atoms with Crippen LogP contribution in [0.3, 0.4) is 0 Å². The highest BCUT2D eigenvalue weighted by Gasteiger charge is 2.10. The van der Waals surface area contributed by atoms with Gasteiger partial charge in [0.25, 0.3) is 0 Å². The molecule has 0 unspecified atom stereocenters. The fraction of sp³-hybridized carbons (Fsp3) is 0.714. The molecule has 2 nitrogen and oxygen atoms in total. The van der Waals surface area contributed by atoms with E-state index in [0.29, 0.717) is 6.54 Å². The Morgan fingerprint density at radius 1 is 1.19 bits per heavy atom. The average Bonchev–Trinajstić information content (AvgIpc) is 2.06. The maximum absolute atomic E-state index is 11.4. The zero-order chi connectivity index (χ0) is 12.8. The number of hydrogen-bond acceptors (Lipinski definition) is 1. The summed E-state index contributed by atoms with van der Waals surface area (Å²) in [7, 11) is 0. The molecular weight excluding hydrogens is 198 g/mol. The summed E-state index contributed by atoms with van der Waals surface area (Å²) < 4.78 is 0. The largest absolute Gasteiger partial charge is 0.353 e. The molecule has 1 amide bonds. The number of carbonyl (C=O) groups excluding carboxylic acids is 1. The van der Waals surface area contributed by atoms with Crippen LogP contribution in [-0.4, -0.2) is 12.5 Å². The van der Waals surface area contributed by atoms with Crippen molar-refractivity contribution in [2.75, 3.05) is 6.54 Å². The molecule has 0 aromatic rings. The first-order valence-electron chi connectivity index (χ1n) is 5.82. The second-order valence-corrected chi connectivity index (χ2v) is 6.17. The van der Waals surface area contributed by atoms with E-state index in [9.17, 15) is 4.79 Å². The Morgan fingerprint density at radius 3 is 2.19 bits per heavy atom. The minimum atomic E-state index is -0.0226. The molecule has 1 N–H and O–H groups in total. The molecule has 0 saturated carbocycles. The molecule has 0 bridgehead atoms. The van der Waals surface area contributed by atoms with Gasteiger partial charge in [-0.3, -0.25) is 4.79 Å². The molecule has 2 heteroatoms. The lowest BCUT2D eigenvalue weighted by molar-refractivity contribution is -0.116. The van der Waals surface area contributed by atoms with Crippen LogP contribution >= 0.6 is 0 Å². The number of amides is 1. The average molecular weight is 223 g/mol. The molecule has 0 aliphatic rings. The second kappa shape index (κ2) is 6.07. The van der Waals surface area contributed by atoms with Gasteiger partial charge >= 0.3 is 0 Å². The Hall–Kier alpha value is -0.790. The molecule has 0 aromatic heterocycles. The third kappa shape index (κ3) is 11.3. The molecule has 0 rings (SSSR count). The van der Waals surface area contributed by atoms with Crippen LogP contribution in [0.5, 0.6) is 0 Å². The predicted molar refractivity (Wildman–Crippen MR) is 68.9 cm³/mol. The summed E-state index contributed by atoms with van der Waals surface area (Å²) >= 11 is 0. The van der Waals surface area contributed by atoms with Gasteiger partial charge in [-0.1, -0.05) is 47.6 Å². The van der Waals surface area contributed by atoms with E-state index in [1.807, 2.05) is 6.08 Å². The Balaban J connectivity index is 3.72. The SMILES string of the molecule is CC(C)(C)[C]CCNC(=O)/C=C/C(C)(C)C. The monoisotopic (exact) mass is 223 g/mol. The first-order valence-corrected chi connectivity index (χ1v) is 5.82. The first kappa shape index (κ1) is 15.2. The van der Waals surface area contributed by atoms with Gasteiger partial charge in [0, 0.05) is 6.54 Å². The highest BCUT2D eigenvalue weighted by atomic mass is 16.1. The highest BCUT2D eigenvalue weighted by molar-refractivity contribution is 5.87. The zero-order valence-electron chi connectivity index (χ0n) is 11.5. The van der Waals surface area contributed by atoms with E-state index < -0.39 is 0 Å². The molecule has 0 aliphatic carbocycles. The summed E-state index contributed by atoms with van der Waals surface area (Å²) in [5, 5.41) is 2.84. The quantitative estimate of drug-likeness (QED) is 0.575. The molecule has 0 spiro atoms. The van der Waals surface area contributed by atoms with Gasteiger partial charge in [0.1, 0.15) is 0 Å². The van der Waals surface area contributed by atoms with Crippen molar-refractivity contribution in [2.24, 2.45) is 10.8 Å². The van der Waals surface area contributed by atoms with Crippen LogP contribution in [0.4, 0.5) is 0 Å². The van der Waals surface area contributed by atoms with Crippen LogP contribution in [0.25, 0.3) is 0 Å². The lowest BCUT2D eigenvalue weighted by Gasteiger charge is -2.16. The minimum absolute atomic E-state index is 0.0226. The summed E-state index contributed by atoms with van der Waals surface area (Å²) in [4.78, 5) is 11.4. The van der Waals surface area contributed by atoms with E-state index in [-0.39, 0.29) is 16.7 Å². The van der Waals surface area contributed by atoms with Crippen LogP contribution in [0.2, 0.25) is 0 Å². The fourth-order valence-electron chi connectivity index (χ4n) is 1.01. The van der Waals surface area contributed by atoms with Gasteiger partial charge in [0.15, 0.2) is 0 Å². The Kier molecular flexibility index (Phi) is 5.77. The lowest BCUT2D eigenvalue weighted by Crippen LogP contribution is -2.23. The van der Waals surface area contributed by atoms with Gasteiger partial charge < -0.3 is 5.32 Å². The molecule has 0 heterocycles. The van der Waals surface area contributed by atoms with E-state index in [1.165, 1.54) is 0 Å². The van der Waals surface area contributed by atoms with Gasteiger partial charge in [0.05, 0.1) is 0 Å². The molecule has 92 valence electrons. The molecule has 0 atom stereocenters. The number of allylic oxidation sites excluding steroid dienone is 1. The van der Waals surface area contributed by atoms with Crippen LogP contribution in [0.15, 0.2) is 12.2 Å². The van der Waals surface area contributed by atoms with E-state index in [0.717, 1.165) is 6.42 Å². The van der Waals surface area contributed by atoms with Crippen LogP contribution < -0.4 is 5.32 Å². The van der Waals surface area contributed by atoms with Gasteiger partial charge in [-0.25, -0.2) is 0 Å². The molecule has 0 saturated heterocycles. The van der Waals surface area contributed by atoms with E-state index in [2.05, 4.69) is 53.3 Å². The summed E-state index contributed by atoms with van der Waals surface area (Å²) in [6.07, 6.45) is 7.63. The molecule has 0 aromatic carbocycles. The third-order valence-corrected chi connectivity index (χ3v) is 1.81. The highest BCUT2D eigenvalue weighted by Crippen LogP contribution is 2.18. The van der Waals surface area contributed by atoms with Crippen LogP contribution in [0.1, 0.15) is 48.0 Å². The number of nitrogens with one attached hydrogen (secondary N) is 1. The minimum Gasteiger partial charge on any atom is -0.353 e.